The van der Waals surface area contributed by atoms with E-state index in [9.17, 15) is 8.42 Å². The highest BCUT2D eigenvalue weighted by atomic mass is 35.5. The van der Waals surface area contributed by atoms with Crippen molar-refractivity contribution in [1.29, 1.82) is 0 Å². The Morgan fingerprint density at radius 3 is 2.60 bits per heavy atom. The SMILES string of the molecule is COc1ccc(C)cc1S(=O)(=O)Nc1ccc(Cl)nc1. The molecule has 0 radical (unpaired) electrons. The number of benzene rings is 1. The van der Waals surface area contributed by atoms with Crippen molar-refractivity contribution < 1.29 is 13.2 Å². The Hall–Kier alpha value is -1.79. The monoisotopic (exact) mass is 312 g/mol. The first-order valence-corrected chi connectivity index (χ1v) is 7.57. The number of rotatable bonds is 4. The zero-order valence-electron chi connectivity index (χ0n) is 10.9. The molecular weight excluding hydrogens is 300 g/mol. The Kier molecular flexibility index (Phi) is 4.15. The summed E-state index contributed by atoms with van der Waals surface area (Å²) >= 11 is 5.66. The van der Waals surface area contributed by atoms with Crippen molar-refractivity contribution in [2.24, 2.45) is 0 Å². The third-order valence-corrected chi connectivity index (χ3v) is 4.21. The predicted molar refractivity (Wildman–Crippen MR) is 77.8 cm³/mol. The van der Waals surface area contributed by atoms with Crippen molar-refractivity contribution in [3.8, 4) is 5.75 Å². The number of methoxy groups -OCH3 is 1. The van der Waals surface area contributed by atoms with Gasteiger partial charge < -0.3 is 4.74 Å². The van der Waals surface area contributed by atoms with Gasteiger partial charge >= 0.3 is 0 Å². The minimum Gasteiger partial charge on any atom is -0.495 e. The van der Waals surface area contributed by atoms with Gasteiger partial charge in [-0.1, -0.05) is 17.7 Å². The van der Waals surface area contributed by atoms with Crippen LogP contribution in [-0.2, 0) is 10.0 Å². The second-order valence-corrected chi connectivity index (χ2v) is 6.17. The largest absolute Gasteiger partial charge is 0.495 e. The molecule has 20 heavy (non-hydrogen) atoms. The molecule has 7 heteroatoms. The average molecular weight is 313 g/mol. The van der Waals surface area contributed by atoms with Crippen LogP contribution in [0.5, 0.6) is 5.75 Å². The van der Waals surface area contributed by atoms with Crippen LogP contribution in [0.15, 0.2) is 41.4 Å². The van der Waals surface area contributed by atoms with Crippen LogP contribution in [-0.4, -0.2) is 20.5 Å². The Morgan fingerprint density at radius 1 is 1.25 bits per heavy atom. The third kappa shape index (κ3) is 3.20. The van der Waals surface area contributed by atoms with Crippen molar-refractivity contribution in [3.63, 3.8) is 0 Å². The van der Waals surface area contributed by atoms with E-state index in [-0.39, 0.29) is 10.6 Å². The second kappa shape index (κ2) is 5.68. The van der Waals surface area contributed by atoms with Crippen molar-refractivity contribution in [1.82, 2.24) is 4.98 Å². The molecular formula is C13H13ClN2O3S. The molecule has 106 valence electrons. The number of aryl methyl sites for hydroxylation is 1. The summed E-state index contributed by atoms with van der Waals surface area (Å²) in [5, 5.41) is 0.293. The van der Waals surface area contributed by atoms with Gasteiger partial charge in [0.05, 0.1) is 19.0 Å². The highest BCUT2D eigenvalue weighted by molar-refractivity contribution is 7.92. The number of aromatic nitrogens is 1. The fourth-order valence-corrected chi connectivity index (χ4v) is 3.05. The molecule has 2 aromatic rings. The van der Waals surface area contributed by atoms with Crippen LogP contribution in [0, 0.1) is 6.92 Å². The summed E-state index contributed by atoms with van der Waals surface area (Å²) in [6.45, 7) is 1.81. The molecule has 0 aliphatic rings. The number of nitrogens with zero attached hydrogens (tertiary/aromatic N) is 1. The van der Waals surface area contributed by atoms with E-state index in [2.05, 4.69) is 9.71 Å². The van der Waals surface area contributed by atoms with Crippen LogP contribution in [0.2, 0.25) is 5.15 Å². The molecule has 0 saturated carbocycles. The van der Waals surface area contributed by atoms with Gasteiger partial charge in [-0.25, -0.2) is 13.4 Å². The van der Waals surface area contributed by atoms with E-state index in [0.717, 1.165) is 5.56 Å². The third-order valence-electron chi connectivity index (χ3n) is 2.59. The van der Waals surface area contributed by atoms with Crippen LogP contribution >= 0.6 is 11.6 Å². The average Bonchev–Trinajstić information content (AvgIpc) is 2.41. The predicted octanol–water partition coefficient (Wildman–Crippen LogP) is 2.85. The first-order valence-electron chi connectivity index (χ1n) is 5.71. The number of pyridine rings is 1. The Morgan fingerprint density at radius 2 is 2.00 bits per heavy atom. The topological polar surface area (TPSA) is 68.3 Å². The Bertz CT molecular complexity index is 715. The highest BCUT2D eigenvalue weighted by Gasteiger charge is 2.19. The molecule has 1 heterocycles. The smallest absolute Gasteiger partial charge is 0.265 e. The lowest BCUT2D eigenvalue weighted by Gasteiger charge is -2.12. The van der Waals surface area contributed by atoms with Gasteiger partial charge in [-0.3, -0.25) is 4.72 Å². The lowest BCUT2D eigenvalue weighted by molar-refractivity contribution is 0.402. The summed E-state index contributed by atoms with van der Waals surface area (Å²) in [4.78, 5) is 3.90. The van der Waals surface area contributed by atoms with Crippen LogP contribution in [0.3, 0.4) is 0 Å². The van der Waals surface area contributed by atoms with Gasteiger partial charge in [-0.2, -0.15) is 0 Å². The summed E-state index contributed by atoms with van der Waals surface area (Å²) in [6, 6.07) is 7.98. The molecule has 1 aromatic carbocycles. The highest BCUT2D eigenvalue weighted by Crippen LogP contribution is 2.26. The first kappa shape index (κ1) is 14.6. The molecule has 0 atom stereocenters. The Labute approximate surface area is 122 Å². The van der Waals surface area contributed by atoms with Gasteiger partial charge in [0.25, 0.3) is 10.0 Å². The van der Waals surface area contributed by atoms with Crippen molar-refractivity contribution in [2.75, 3.05) is 11.8 Å². The molecule has 0 spiro atoms. The van der Waals surface area contributed by atoms with Crippen molar-refractivity contribution >= 4 is 27.3 Å². The fraction of sp³-hybridized carbons (Fsp3) is 0.154. The number of hydrogen-bond acceptors (Lipinski definition) is 4. The van der Waals surface area contributed by atoms with E-state index >= 15 is 0 Å². The molecule has 0 amide bonds. The minimum atomic E-state index is -3.75. The number of anilines is 1. The maximum atomic E-state index is 12.4. The first-order chi connectivity index (χ1) is 9.42. The summed E-state index contributed by atoms with van der Waals surface area (Å²) in [5.74, 6) is 0.282. The van der Waals surface area contributed by atoms with Gasteiger partial charge in [0.2, 0.25) is 0 Å². The normalized spacial score (nSPS) is 11.2. The molecule has 0 bridgehead atoms. The minimum absolute atomic E-state index is 0.0787. The zero-order chi connectivity index (χ0) is 14.8. The summed E-state index contributed by atoms with van der Waals surface area (Å²) < 4.78 is 32.3. The molecule has 0 fully saturated rings. The summed E-state index contributed by atoms with van der Waals surface area (Å²) in [6.07, 6.45) is 1.35. The van der Waals surface area contributed by atoms with Crippen LogP contribution in [0.1, 0.15) is 5.56 Å². The summed E-state index contributed by atoms with van der Waals surface area (Å²) in [5.41, 5.74) is 1.15. The molecule has 1 N–H and O–H groups in total. The number of sulfonamides is 1. The number of halogens is 1. The van der Waals surface area contributed by atoms with E-state index < -0.39 is 10.0 Å². The molecule has 0 saturated heterocycles. The van der Waals surface area contributed by atoms with Crippen molar-refractivity contribution in [2.45, 2.75) is 11.8 Å². The summed E-state index contributed by atoms with van der Waals surface area (Å²) in [7, 11) is -2.33. The fourth-order valence-electron chi connectivity index (χ4n) is 1.64. The van der Waals surface area contributed by atoms with Gasteiger partial charge in [0.15, 0.2) is 0 Å². The van der Waals surface area contributed by atoms with Crippen molar-refractivity contribution in [3.05, 3.63) is 47.2 Å². The van der Waals surface area contributed by atoms with E-state index in [1.165, 1.54) is 25.4 Å². The lowest BCUT2D eigenvalue weighted by atomic mass is 10.2. The molecule has 0 aliphatic heterocycles. The lowest BCUT2D eigenvalue weighted by Crippen LogP contribution is -2.14. The van der Waals surface area contributed by atoms with Crippen LogP contribution in [0.4, 0.5) is 5.69 Å². The Balaban J connectivity index is 2.40. The maximum Gasteiger partial charge on any atom is 0.265 e. The molecule has 1 aromatic heterocycles. The molecule has 2 rings (SSSR count). The van der Waals surface area contributed by atoms with E-state index in [0.29, 0.717) is 10.8 Å². The van der Waals surface area contributed by atoms with Gasteiger partial charge in [0.1, 0.15) is 15.8 Å². The quantitative estimate of drug-likeness (QED) is 0.881. The number of hydrogen-bond donors (Lipinski definition) is 1. The van der Waals surface area contributed by atoms with E-state index in [1.807, 2.05) is 6.92 Å². The second-order valence-electron chi connectivity index (χ2n) is 4.13. The van der Waals surface area contributed by atoms with Crippen LogP contribution < -0.4 is 9.46 Å². The van der Waals surface area contributed by atoms with Gasteiger partial charge in [-0.05, 0) is 36.8 Å². The van der Waals surface area contributed by atoms with E-state index in [1.54, 1.807) is 18.2 Å². The standard InChI is InChI=1S/C13H13ClN2O3S/c1-9-3-5-11(19-2)12(7-9)20(17,18)16-10-4-6-13(14)15-8-10/h3-8,16H,1-2H3. The number of nitrogens with one attached hydrogen (secondary N) is 1. The zero-order valence-corrected chi connectivity index (χ0v) is 12.5. The van der Waals surface area contributed by atoms with Gasteiger partial charge in [0, 0.05) is 0 Å². The maximum absolute atomic E-state index is 12.4. The van der Waals surface area contributed by atoms with Gasteiger partial charge in [-0.15, -0.1) is 0 Å². The van der Waals surface area contributed by atoms with Crippen LogP contribution in [0.25, 0.3) is 0 Å². The molecule has 0 aliphatic carbocycles. The number of ether oxygens (including phenoxy) is 1. The molecule has 0 unspecified atom stereocenters. The van der Waals surface area contributed by atoms with E-state index in [4.69, 9.17) is 16.3 Å². The molecule has 5 nitrogen and oxygen atoms in total.